The van der Waals surface area contributed by atoms with Crippen molar-refractivity contribution in [1.29, 1.82) is 0 Å². The summed E-state index contributed by atoms with van der Waals surface area (Å²) in [6.45, 7) is 3.22. The molecule has 114 valence electrons. The molecule has 0 bridgehead atoms. The zero-order valence-electron chi connectivity index (χ0n) is 12.7. The van der Waals surface area contributed by atoms with Crippen LogP contribution in [0.4, 0.5) is 5.13 Å². The molecule has 1 unspecified atom stereocenters. The van der Waals surface area contributed by atoms with E-state index in [0.717, 1.165) is 28.2 Å². The molecule has 0 aliphatic rings. The molecule has 1 aromatic heterocycles. The Labute approximate surface area is 135 Å². The summed E-state index contributed by atoms with van der Waals surface area (Å²) in [5.74, 6) is 0.964. The molecule has 1 aromatic carbocycles. The van der Waals surface area contributed by atoms with Crippen LogP contribution >= 0.6 is 23.1 Å². The Morgan fingerprint density at radius 3 is 2.62 bits per heavy atom. The van der Waals surface area contributed by atoms with Gasteiger partial charge < -0.3 is 10.2 Å². The summed E-state index contributed by atoms with van der Waals surface area (Å²) in [6, 6.07) is 11.0. The van der Waals surface area contributed by atoms with Gasteiger partial charge in [0.25, 0.3) is 0 Å². The molecule has 1 heterocycles. The molecule has 0 radical (unpaired) electrons. The molecule has 1 atom stereocenters. The maximum Gasteiger partial charge on any atom is 0.208 e. The van der Waals surface area contributed by atoms with Gasteiger partial charge >= 0.3 is 0 Å². The second kappa shape index (κ2) is 8.36. The fraction of sp³-hybridized carbons (Fsp3) is 0.467. The maximum absolute atomic E-state index is 4.25. The van der Waals surface area contributed by atoms with Gasteiger partial charge in [-0.2, -0.15) is 0 Å². The van der Waals surface area contributed by atoms with Crippen molar-refractivity contribution >= 4 is 28.2 Å². The minimum Gasteiger partial charge on any atom is -0.353 e. The molecule has 0 aliphatic heterocycles. The Morgan fingerprint density at radius 2 is 2.00 bits per heavy atom. The van der Waals surface area contributed by atoms with Crippen molar-refractivity contribution in [2.75, 3.05) is 31.3 Å². The molecular formula is C15H22N4S2. The number of benzene rings is 1. The van der Waals surface area contributed by atoms with Crippen LogP contribution in [-0.2, 0) is 0 Å². The van der Waals surface area contributed by atoms with E-state index in [1.807, 2.05) is 19.0 Å². The van der Waals surface area contributed by atoms with Crippen LogP contribution in [0.2, 0.25) is 0 Å². The number of rotatable bonds is 8. The van der Waals surface area contributed by atoms with E-state index >= 15 is 0 Å². The van der Waals surface area contributed by atoms with Crippen molar-refractivity contribution in [2.45, 2.75) is 23.7 Å². The Hall–Kier alpha value is -1.11. The van der Waals surface area contributed by atoms with E-state index < -0.39 is 0 Å². The topological polar surface area (TPSA) is 41.1 Å². The van der Waals surface area contributed by atoms with E-state index in [1.165, 1.54) is 5.56 Å². The molecule has 2 rings (SSSR count). The lowest BCUT2D eigenvalue weighted by atomic mass is 10.1. The molecule has 1 N–H and O–H groups in total. The molecule has 0 saturated heterocycles. The summed E-state index contributed by atoms with van der Waals surface area (Å²) >= 11 is 3.41. The lowest BCUT2D eigenvalue weighted by Crippen LogP contribution is -2.24. The summed E-state index contributed by atoms with van der Waals surface area (Å²) in [7, 11) is 3.98. The molecule has 6 heteroatoms. The third kappa shape index (κ3) is 4.98. The fourth-order valence-electron chi connectivity index (χ4n) is 1.87. The van der Waals surface area contributed by atoms with Crippen LogP contribution in [0.25, 0.3) is 0 Å². The van der Waals surface area contributed by atoms with Crippen LogP contribution in [0.5, 0.6) is 0 Å². The molecule has 2 aromatic rings. The van der Waals surface area contributed by atoms with Gasteiger partial charge in [-0.3, -0.25) is 0 Å². The van der Waals surface area contributed by atoms with Gasteiger partial charge in [0.2, 0.25) is 5.13 Å². The normalized spacial score (nSPS) is 12.3. The smallest absolute Gasteiger partial charge is 0.208 e. The highest BCUT2D eigenvalue weighted by Crippen LogP contribution is 2.30. The minimum atomic E-state index is 0.350. The minimum absolute atomic E-state index is 0.350. The number of nitrogens with one attached hydrogen (secondary N) is 1. The highest BCUT2D eigenvalue weighted by atomic mass is 32.2. The van der Waals surface area contributed by atoms with Crippen LogP contribution in [0, 0.1) is 0 Å². The van der Waals surface area contributed by atoms with Gasteiger partial charge in [0.15, 0.2) is 4.34 Å². The summed E-state index contributed by atoms with van der Waals surface area (Å²) in [5, 5.41) is 13.0. The highest BCUT2D eigenvalue weighted by Gasteiger charge is 2.13. The highest BCUT2D eigenvalue weighted by molar-refractivity contribution is 8.01. The maximum atomic E-state index is 4.25. The van der Waals surface area contributed by atoms with Crippen molar-refractivity contribution in [3.05, 3.63) is 35.9 Å². The van der Waals surface area contributed by atoms with Crippen LogP contribution in [0.3, 0.4) is 0 Å². The number of hydrogen-bond donors (Lipinski definition) is 1. The standard InChI is InChI=1S/C15H22N4S2/c1-4-10-16-13(12-8-6-5-7-9-12)11-20-15-18-17-14(21-15)19(2)3/h5-9,13,16H,4,10-11H2,1-3H3. The molecule has 0 aliphatic carbocycles. The predicted octanol–water partition coefficient (Wildman–Crippen LogP) is 3.44. The van der Waals surface area contributed by atoms with E-state index in [2.05, 4.69) is 52.8 Å². The lowest BCUT2D eigenvalue weighted by Gasteiger charge is -2.17. The van der Waals surface area contributed by atoms with Crippen molar-refractivity contribution in [2.24, 2.45) is 0 Å². The molecule has 0 spiro atoms. The molecule has 21 heavy (non-hydrogen) atoms. The van der Waals surface area contributed by atoms with Crippen molar-refractivity contribution in [3.8, 4) is 0 Å². The molecular weight excluding hydrogens is 300 g/mol. The monoisotopic (exact) mass is 322 g/mol. The fourth-order valence-corrected chi connectivity index (χ4v) is 3.76. The third-order valence-electron chi connectivity index (χ3n) is 2.99. The van der Waals surface area contributed by atoms with E-state index in [1.54, 1.807) is 23.1 Å². The van der Waals surface area contributed by atoms with E-state index in [4.69, 9.17) is 0 Å². The van der Waals surface area contributed by atoms with Gasteiger partial charge in [0.05, 0.1) is 0 Å². The van der Waals surface area contributed by atoms with Crippen molar-refractivity contribution in [3.63, 3.8) is 0 Å². The number of hydrogen-bond acceptors (Lipinski definition) is 6. The Bertz CT molecular complexity index is 527. The number of thioether (sulfide) groups is 1. The zero-order valence-corrected chi connectivity index (χ0v) is 14.4. The van der Waals surface area contributed by atoms with Gasteiger partial charge in [0.1, 0.15) is 0 Å². The van der Waals surface area contributed by atoms with E-state index in [9.17, 15) is 0 Å². The molecule has 0 fully saturated rings. The van der Waals surface area contributed by atoms with Gasteiger partial charge in [0, 0.05) is 25.9 Å². The second-order valence-electron chi connectivity index (χ2n) is 4.97. The Kier molecular flexibility index (Phi) is 6.48. The summed E-state index contributed by atoms with van der Waals surface area (Å²) < 4.78 is 1.03. The SMILES string of the molecule is CCCNC(CSc1nnc(N(C)C)s1)c1ccccc1. The van der Waals surface area contributed by atoms with Crippen LogP contribution in [0.1, 0.15) is 24.9 Å². The lowest BCUT2D eigenvalue weighted by molar-refractivity contribution is 0.577. The first kappa shape index (κ1) is 16.3. The third-order valence-corrected chi connectivity index (χ3v) is 5.31. The average molecular weight is 323 g/mol. The number of nitrogens with zero attached hydrogens (tertiary/aromatic N) is 3. The first-order valence-corrected chi connectivity index (χ1v) is 8.93. The Balaban J connectivity index is 1.98. The quantitative estimate of drug-likeness (QED) is 0.754. The summed E-state index contributed by atoms with van der Waals surface area (Å²) in [6.07, 6.45) is 1.14. The first-order valence-electron chi connectivity index (χ1n) is 7.12. The van der Waals surface area contributed by atoms with Crippen molar-refractivity contribution in [1.82, 2.24) is 15.5 Å². The van der Waals surface area contributed by atoms with Crippen molar-refractivity contribution < 1.29 is 0 Å². The van der Waals surface area contributed by atoms with Gasteiger partial charge in [-0.15, -0.1) is 10.2 Å². The van der Waals surface area contributed by atoms with Gasteiger partial charge in [-0.25, -0.2) is 0 Å². The average Bonchev–Trinajstić information content (AvgIpc) is 2.97. The zero-order chi connectivity index (χ0) is 15.1. The largest absolute Gasteiger partial charge is 0.353 e. The van der Waals surface area contributed by atoms with Crippen LogP contribution in [0.15, 0.2) is 34.7 Å². The van der Waals surface area contributed by atoms with Gasteiger partial charge in [-0.05, 0) is 18.5 Å². The number of anilines is 1. The summed E-state index contributed by atoms with van der Waals surface area (Å²) in [4.78, 5) is 1.99. The number of aromatic nitrogens is 2. The summed E-state index contributed by atoms with van der Waals surface area (Å²) in [5.41, 5.74) is 1.33. The molecule has 4 nitrogen and oxygen atoms in total. The molecule has 0 amide bonds. The van der Waals surface area contributed by atoms with E-state index in [-0.39, 0.29) is 0 Å². The van der Waals surface area contributed by atoms with E-state index in [0.29, 0.717) is 6.04 Å². The first-order chi connectivity index (χ1) is 10.2. The molecule has 0 saturated carbocycles. The second-order valence-corrected chi connectivity index (χ2v) is 7.20. The van der Waals surface area contributed by atoms with Crippen LogP contribution in [-0.4, -0.2) is 36.6 Å². The van der Waals surface area contributed by atoms with Gasteiger partial charge in [-0.1, -0.05) is 60.4 Å². The Morgan fingerprint density at radius 1 is 1.24 bits per heavy atom. The van der Waals surface area contributed by atoms with Crippen LogP contribution < -0.4 is 10.2 Å². The predicted molar refractivity (Wildman–Crippen MR) is 92.4 cm³/mol.